The molecule has 2 aliphatic rings. The van der Waals surface area contributed by atoms with Crippen molar-refractivity contribution in [3.05, 3.63) is 35.5 Å². The van der Waals surface area contributed by atoms with Gasteiger partial charge in [0.2, 0.25) is 0 Å². The van der Waals surface area contributed by atoms with E-state index in [9.17, 15) is 0 Å². The maximum Gasteiger partial charge on any atom is 0.161 e. The second-order valence-corrected chi connectivity index (χ2v) is 6.02. The number of benzene rings is 1. The molecule has 0 bridgehead atoms. The predicted octanol–water partition coefficient (Wildman–Crippen LogP) is 3.73. The molecule has 0 radical (unpaired) electrons. The summed E-state index contributed by atoms with van der Waals surface area (Å²) < 4.78 is 11.7. The summed E-state index contributed by atoms with van der Waals surface area (Å²) in [7, 11) is 0. The molecular weight excluding hydrogens is 250 g/mol. The van der Waals surface area contributed by atoms with Gasteiger partial charge in [-0.25, -0.2) is 0 Å². The molecular formula is C17H21NO2. The lowest BCUT2D eigenvalue weighted by Gasteiger charge is -2.24. The first-order chi connectivity index (χ1) is 9.84. The molecule has 1 aromatic carbocycles. The summed E-state index contributed by atoms with van der Waals surface area (Å²) in [6, 6.07) is 8.64. The summed E-state index contributed by atoms with van der Waals surface area (Å²) in [4.78, 5) is 3.54. The largest absolute Gasteiger partial charge is 0.358 e. The van der Waals surface area contributed by atoms with Crippen LogP contribution < -0.4 is 0 Å². The Balaban J connectivity index is 1.82. The molecule has 2 fully saturated rings. The zero-order valence-electron chi connectivity index (χ0n) is 11.9. The summed E-state index contributed by atoms with van der Waals surface area (Å²) >= 11 is 0. The van der Waals surface area contributed by atoms with Crippen molar-refractivity contribution < 1.29 is 9.47 Å². The molecule has 2 aromatic rings. The summed E-state index contributed by atoms with van der Waals surface area (Å²) in [6.45, 7) is 3.87. The zero-order valence-corrected chi connectivity index (χ0v) is 11.9. The van der Waals surface area contributed by atoms with Gasteiger partial charge in [-0.1, -0.05) is 18.2 Å². The number of hydrogen-bond acceptors (Lipinski definition) is 2. The van der Waals surface area contributed by atoms with Crippen molar-refractivity contribution in [3.8, 4) is 0 Å². The Hall–Kier alpha value is -1.32. The van der Waals surface area contributed by atoms with Crippen molar-refractivity contribution in [3.63, 3.8) is 0 Å². The minimum absolute atomic E-state index is 0.00978. The highest BCUT2D eigenvalue weighted by Crippen LogP contribution is 2.44. The lowest BCUT2D eigenvalue weighted by molar-refractivity contribution is -0.126. The fourth-order valence-electron chi connectivity index (χ4n) is 3.99. The van der Waals surface area contributed by atoms with Crippen LogP contribution in [0, 0.1) is 12.8 Å². The predicted molar refractivity (Wildman–Crippen MR) is 78.8 cm³/mol. The van der Waals surface area contributed by atoms with E-state index >= 15 is 0 Å². The fraction of sp³-hybridized carbons (Fsp3) is 0.529. The number of H-pyrrole nitrogens is 1. The Morgan fingerprint density at radius 3 is 2.90 bits per heavy atom. The zero-order chi connectivity index (χ0) is 13.5. The average molecular weight is 271 g/mol. The molecule has 0 saturated carbocycles. The highest BCUT2D eigenvalue weighted by atomic mass is 16.7. The molecule has 2 aliphatic heterocycles. The molecule has 106 valence electrons. The third-order valence-corrected chi connectivity index (χ3v) is 4.86. The van der Waals surface area contributed by atoms with Crippen molar-refractivity contribution in [2.75, 3.05) is 13.2 Å². The van der Waals surface area contributed by atoms with E-state index in [0.717, 1.165) is 26.1 Å². The molecule has 0 aliphatic carbocycles. The molecule has 0 spiro atoms. The minimum Gasteiger partial charge on any atom is -0.358 e. The van der Waals surface area contributed by atoms with Crippen molar-refractivity contribution >= 4 is 10.9 Å². The van der Waals surface area contributed by atoms with Gasteiger partial charge in [0.1, 0.15) is 0 Å². The smallest absolute Gasteiger partial charge is 0.161 e. The van der Waals surface area contributed by atoms with E-state index in [1.807, 2.05) is 0 Å². The topological polar surface area (TPSA) is 34.2 Å². The number of fused-ring (bicyclic) bond motifs is 2. The van der Waals surface area contributed by atoms with Gasteiger partial charge < -0.3 is 14.5 Å². The van der Waals surface area contributed by atoms with Gasteiger partial charge in [-0.05, 0) is 43.7 Å². The number of hydrogen-bond donors (Lipinski definition) is 1. The first-order valence-electron chi connectivity index (χ1n) is 7.65. The maximum atomic E-state index is 5.87. The number of rotatable bonds is 1. The Morgan fingerprint density at radius 2 is 1.95 bits per heavy atom. The molecule has 20 heavy (non-hydrogen) atoms. The second kappa shape index (κ2) is 4.90. The van der Waals surface area contributed by atoms with E-state index in [1.54, 1.807) is 0 Å². The van der Waals surface area contributed by atoms with Crippen LogP contribution >= 0.6 is 0 Å². The Labute approximate surface area is 119 Å². The first kappa shape index (κ1) is 12.4. The van der Waals surface area contributed by atoms with Crippen LogP contribution in [0.4, 0.5) is 0 Å². The van der Waals surface area contributed by atoms with Crippen LogP contribution in [0.3, 0.4) is 0 Å². The lowest BCUT2D eigenvalue weighted by atomic mass is 9.81. The molecule has 3 heterocycles. The molecule has 4 rings (SSSR count). The van der Waals surface area contributed by atoms with E-state index in [-0.39, 0.29) is 6.29 Å². The first-order valence-corrected chi connectivity index (χ1v) is 7.65. The van der Waals surface area contributed by atoms with Crippen molar-refractivity contribution in [2.24, 2.45) is 5.92 Å². The van der Waals surface area contributed by atoms with Crippen molar-refractivity contribution in [1.29, 1.82) is 0 Å². The van der Waals surface area contributed by atoms with Gasteiger partial charge >= 0.3 is 0 Å². The van der Waals surface area contributed by atoms with Crippen LogP contribution in [0.5, 0.6) is 0 Å². The highest BCUT2D eigenvalue weighted by Gasteiger charge is 2.39. The molecule has 2 saturated heterocycles. The Kier molecular flexibility index (Phi) is 3.04. The fourth-order valence-corrected chi connectivity index (χ4v) is 3.99. The second-order valence-electron chi connectivity index (χ2n) is 6.02. The molecule has 0 unspecified atom stereocenters. The van der Waals surface area contributed by atoms with Crippen LogP contribution in [0.1, 0.15) is 36.4 Å². The van der Waals surface area contributed by atoms with E-state index in [4.69, 9.17) is 9.47 Å². The minimum atomic E-state index is 0.00978. The van der Waals surface area contributed by atoms with E-state index in [1.165, 1.54) is 28.6 Å². The highest BCUT2D eigenvalue weighted by molar-refractivity contribution is 5.85. The lowest BCUT2D eigenvalue weighted by Crippen LogP contribution is -2.23. The number of nitrogens with one attached hydrogen (secondary N) is 1. The standard InChI is InChI=1S/C17H21NO2/c1-11-16(14-5-2-3-7-15(14)18-11)12-6-4-9-19-17-13(12)8-10-20-17/h2-3,5,7,12-13,17-18H,4,6,8-10H2,1H3/t12-,13+,17+/m0/s1. The van der Waals surface area contributed by atoms with E-state index in [0.29, 0.717) is 11.8 Å². The van der Waals surface area contributed by atoms with Crippen LogP contribution in [-0.2, 0) is 9.47 Å². The van der Waals surface area contributed by atoms with Gasteiger partial charge in [0.15, 0.2) is 6.29 Å². The van der Waals surface area contributed by atoms with Gasteiger partial charge in [-0.2, -0.15) is 0 Å². The Morgan fingerprint density at radius 1 is 1.10 bits per heavy atom. The Bertz CT molecular complexity index is 618. The van der Waals surface area contributed by atoms with Gasteiger partial charge in [-0.3, -0.25) is 0 Å². The van der Waals surface area contributed by atoms with Gasteiger partial charge in [-0.15, -0.1) is 0 Å². The monoisotopic (exact) mass is 271 g/mol. The molecule has 3 nitrogen and oxygen atoms in total. The summed E-state index contributed by atoms with van der Waals surface area (Å²) in [5, 5.41) is 1.38. The molecule has 0 amide bonds. The molecule has 3 heteroatoms. The number of para-hydroxylation sites is 1. The normalized spacial score (nSPS) is 30.4. The van der Waals surface area contributed by atoms with Gasteiger partial charge in [0.05, 0.1) is 6.61 Å². The van der Waals surface area contributed by atoms with Gasteiger partial charge in [0.25, 0.3) is 0 Å². The quantitative estimate of drug-likeness (QED) is 0.857. The summed E-state index contributed by atoms with van der Waals surface area (Å²) in [5.41, 5.74) is 4.05. The third kappa shape index (κ3) is 1.88. The van der Waals surface area contributed by atoms with Crippen LogP contribution in [-0.4, -0.2) is 24.5 Å². The van der Waals surface area contributed by atoms with Crippen LogP contribution in [0.2, 0.25) is 0 Å². The third-order valence-electron chi connectivity index (χ3n) is 4.86. The van der Waals surface area contributed by atoms with Crippen molar-refractivity contribution in [2.45, 2.75) is 38.4 Å². The number of aromatic amines is 1. The summed E-state index contributed by atoms with van der Waals surface area (Å²) in [6.07, 6.45) is 3.46. The molecule has 1 aromatic heterocycles. The number of ether oxygens (including phenoxy) is 2. The average Bonchev–Trinajstić information content (AvgIpc) is 2.99. The SMILES string of the molecule is Cc1[nH]c2ccccc2c1[C@H]1CCCO[C@@H]2OCC[C@@H]21. The molecule has 3 atom stereocenters. The van der Waals surface area contributed by atoms with Crippen molar-refractivity contribution in [1.82, 2.24) is 4.98 Å². The maximum absolute atomic E-state index is 5.87. The number of aryl methyl sites for hydroxylation is 1. The summed E-state index contributed by atoms with van der Waals surface area (Å²) in [5.74, 6) is 1.07. The van der Waals surface area contributed by atoms with E-state index < -0.39 is 0 Å². The van der Waals surface area contributed by atoms with E-state index in [2.05, 4.69) is 36.2 Å². The number of aromatic nitrogens is 1. The van der Waals surface area contributed by atoms with Gasteiger partial charge in [0, 0.05) is 29.1 Å². The molecule has 1 N–H and O–H groups in total. The van der Waals surface area contributed by atoms with Crippen LogP contribution in [0.15, 0.2) is 24.3 Å². The van der Waals surface area contributed by atoms with Crippen LogP contribution in [0.25, 0.3) is 10.9 Å².